The first-order chi connectivity index (χ1) is 8.03. The second-order valence-corrected chi connectivity index (χ2v) is 6.51. The molecule has 0 aromatic heterocycles. The Morgan fingerprint density at radius 2 is 2.06 bits per heavy atom. The molecule has 0 saturated heterocycles. The van der Waals surface area contributed by atoms with Crippen LogP contribution in [-0.2, 0) is 6.42 Å². The van der Waals surface area contributed by atoms with E-state index in [-0.39, 0.29) is 5.54 Å². The van der Waals surface area contributed by atoms with E-state index in [9.17, 15) is 0 Å². The van der Waals surface area contributed by atoms with Crippen LogP contribution in [0.3, 0.4) is 0 Å². The second kappa shape index (κ2) is 5.11. The van der Waals surface area contributed by atoms with Crippen LogP contribution >= 0.6 is 15.9 Å². The van der Waals surface area contributed by atoms with Gasteiger partial charge in [-0.2, -0.15) is 0 Å². The lowest BCUT2D eigenvalue weighted by Gasteiger charge is -2.43. The van der Waals surface area contributed by atoms with Crippen LogP contribution in [0.2, 0.25) is 0 Å². The summed E-state index contributed by atoms with van der Waals surface area (Å²) in [5.74, 6) is 1.35. The highest BCUT2D eigenvalue weighted by atomic mass is 79.9. The van der Waals surface area contributed by atoms with Gasteiger partial charge in [0, 0.05) is 10.0 Å². The summed E-state index contributed by atoms with van der Waals surface area (Å²) in [4.78, 5) is 0. The number of hydrogen-bond donors (Lipinski definition) is 1. The maximum Gasteiger partial charge on any atom is 0.0224 e. The van der Waals surface area contributed by atoms with E-state index in [0.29, 0.717) is 5.92 Å². The molecule has 0 radical (unpaired) electrons. The van der Waals surface area contributed by atoms with Crippen molar-refractivity contribution in [2.45, 2.75) is 45.1 Å². The van der Waals surface area contributed by atoms with Gasteiger partial charge in [0.1, 0.15) is 0 Å². The predicted octanol–water partition coefficient (Wildman–Crippen LogP) is 4.15. The van der Waals surface area contributed by atoms with Crippen molar-refractivity contribution in [3.05, 3.63) is 34.3 Å². The molecule has 1 nitrogen and oxygen atoms in total. The minimum atomic E-state index is -0.0262. The van der Waals surface area contributed by atoms with Crippen LogP contribution in [-0.4, -0.2) is 5.54 Å². The molecule has 0 amide bonds. The van der Waals surface area contributed by atoms with Crippen LogP contribution in [0.25, 0.3) is 0 Å². The van der Waals surface area contributed by atoms with Crippen LogP contribution in [0, 0.1) is 11.8 Å². The Bertz CT molecular complexity index is 390. The van der Waals surface area contributed by atoms with Gasteiger partial charge < -0.3 is 5.73 Å². The van der Waals surface area contributed by atoms with Gasteiger partial charge in [0.05, 0.1) is 0 Å². The molecule has 0 spiro atoms. The molecule has 0 bridgehead atoms. The Kier molecular flexibility index (Phi) is 3.94. The largest absolute Gasteiger partial charge is 0.325 e. The molecule has 3 atom stereocenters. The Morgan fingerprint density at radius 1 is 1.35 bits per heavy atom. The molecule has 0 heterocycles. The molecule has 1 saturated carbocycles. The number of nitrogens with two attached hydrogens (primary N) is 1. The van der Waals surface area contributed by atoms with E-state index in [1.165, 1.54) is 22.9 Å². The third-order valence-electron chi connectivity index (χ3n) is 4.54. The lowest BCUT2D eigenvalue weighted by atomic mass is 9.66. The highest BCUT2D eigenvalue weighted by Gasteiger charge is 2.38. The zero-order valence-corrected chi connectivity index (χ0v) is 12.3. The summed E-state index contributed by atoms with van der Waals surface area (Å²) >= 11 is 3.63. The third-order valence-corrected chi connectivity index (χ3v) is 5.31. The zero-order chi connectivity index (χ0) is 12.5. The SMILES string of the molecule is CC1CCCC(N)(Cc2ccccc2Br)C1C. The fourth-order valence-corrected chi connectivity index (χ4v) is 3.47. The van der Waals surface area contributed by atoms with E-state index in [2.05, 4.69) is 54.0 Å². The molecule has 2 N–H and O–H groups in total. The van der Waals surface area contributed by atoms with Gasteiger partial charge in [-0.3, -0.25) is 0 Å². The van der Waals surface area contributed by atoms with Gasteiger partial charge in [0.2, 0.25) is 0 Å². The molecule has 1 aliphatic rings. The number of halogens is 1. The third kappa shape index (κ3) is 2.74. The summed E-state index contributed by atoms with van der Waals surface area (Å²) < 4.78 is 1.19. The van der Waals surface area contributed by atoms with Crippen molar-refractivity contribution < 1.29 is 0 Å². The van der Waals surface area contributed by atoms with E-state index in [1.807, 2.05) is 0 Å². The highest BCUT2D eigenvalue weighted by Crippen LogP contribution is 2.38. The normalized spacial score (nSPS) is 33.6. The maximum atomic E-state index is 6.67. The van der Waals surface area contributed by atoms with E-state index in [1.54, 1.807) is 0 Å². The van der Waals surface area contributed by atoms with Gasteiger partial charge in [-0.1, -0.05) is 60.8 Å². The standard InChI is InChI=1S/C15H22BrN/c1-11-6-5-9-15(17,12(11)2)10-13-7-3-4-8-14(13)16/h3-4,7-8,11-12H,5-6,9-10,17H2,1-2H3. The molecule has 1 aromatic rings. The zero-order valence-electron chi connectivity index (χ0n) is 10.7. The smallest absolute Gasteiger partial charge is 0.0224 e. The van der Waals surface area contributed by atoms with Crippen LogP contribution in [0.4, 0.5) is 0 Å². The topological polar surface area (TPSA) is 26.0 Å². The molecule has 3 unspecified atom stereocenters. The van der Waals surface area contributed by atoms with Crippen molar-refractivity contribution in [3.8, 4) is 0 Å². The molecule has 2 heteroatoms. The maximum absolute atomic E-state index is 6.67. The van der Waals surface area contributed by atoms with Crippen LogP contribution in [0.5, 0.6) is 0 Å². The lowest BCUT2D eigenvalue weighted by Crippen LogP contribution is -2.52. The lowest BCUT2D eigenvalue weighted by molar-refractivity contribution is 0.143. The minimum absolute atomic E-state index is 0.0262. The molecule has 17 heavy (non-hydrogen) atoms. The van der Waals surface area contributed by atoms with E-state index in [4.69, 9.17) is 5.73 Å². The number of rotatable bonds is 2. The van der Waals surface area contributed by atoms with Crippen molar-refractivity contribution in [2.24, 2.45) is 17.6 Å². The van der Waals surface area contributed by atoms with Crippen molar-refractivity contribution in [2.75, 3.05) is 0 Å². The first-order valence-electron chi connectivity index (χ1n) is 6.55. The summed E-state index contributed by atoms with van der Waals surface area (Å²) in [6, 6.07) is 8.45. The van der Waals surface area contributed by atoms with Crippen LogP contribution < -0.4 is 5.73 Å². The van der Waals surface area contributed by atoms with Gasteiger partial charge in [-0.25, -0.2) is 0 Å². The first-order valence-corrected chi connectivity index (χ1v) is 7.34. The molecule has 1 fully saturated rings. The average Bonchev–Trinajstić information content (AvgIpc) is 2.29. The molecule has 1 aliphatic carbocycles. The second-order valence-electron chi connectivity index (χ2n) is 5.66. The summed E-state index contributed by atoms with van der Waals surface area (Å²) in [6.45, 7) is 4.66. The van der Waals surface area contributed by atoms with E-state index >= 15 is 0 Å². The minimum Gasteiger partial charge on any atom is -0.325 e. The average molecular weight is 296 g/mol. The number of benzene rings is 1. The Hall–Kier alpha value is -0.340. The molecule has 0 aliphatic heterocycles. The Morgan fingerprint density at radius 3 is 2.76 bits per heavy atom. The first kappa shape index (κ1) is 13.1. The van der Waals surface area contributed by atoms with Crippen molar-refractivity contribution in [1.29, 1.82) is 0 Å². The molecular weight excluding hydrogens is 274 g/mol. The molecule has 1 aromatic carbocycles. The fourth-order valence-electron chi connectivity index (χ4n) is 3.04. The monoisotopic (exact) mass is 295 g/mol. The molecule has 94 valence electrons. The van der Waals surface area contributed by atoms with Crippen molar-refractivity contribution in [1.82, 2.24) is 0 Å². The summed E-state index contributed by atoms with van der Waals surface area (Å²) in [5, 5.41) is 0. The molecular formula is C15H22BrN. The number of hydrogen-bond acceptors (Lipinski definition) is 1. The van der Waals surface area contributed by atoms with Crippen molar-refractivity contribution in [3.63, 3.8) is 0 Å². The van der Waals surface area contributed by atoms with Crippen LogP contribution in [0.1, 0.15) is 38.7 Å². The van der Waals surface area contributed by atoms with Crippen molar-refractivity contribution >= 4 is 15.9 Å². The van der Waals surface area contributed by atoms with Gasteiger partial charge in [0.15, 0.2) is 0 Å². The van der Waals surface area contributed by atoms with Gasteiger partial charge in [-0.15, -0.1) is 0 Å². The summed E-state index contributed by atoms with van der Waals surface area (Å²) in [7, 11) is 0. The highest BCUT2D eigenvalue weighted by molar-refractivity contribution is 9.10. The summed E-state index contributed by atoms with van der Waals surface area (Å²) in [6.07, 6.45) is 4.74. The summed E-state index contributed by atoms with van der Waals surface area (Å²) in [5.41, 5.74) is 7.99. The van der Waals surface area contributed by atoms with Gasteiger partial charge >= 0.3 is 0 Å². The van der Waals surface area contributed by atoms with E-state index < -0.39 is 0 Å². The quantitative estimate of drug-likeness (QED) is 0.872. The molecule has 2 rings (SSSR count). The Labute approximate surface area is 113 Å². The fraction of sp³-hybridized carbons (Fsp3) is 0.600. The predicted molar refractivity (Wildman–Crippen MR) is 76.9 cm³/mol. The van der Waals surface area contributed by atoms with Crippen LogP contribution in [0.15, 0.2) is 28.7 Å². The van der Waals surface area contributed by atoms with Gasteiger partial charge in [0.25, 0.3) is 0 Å². The Balaban J connectivity index is 2.19. The van der Waals surface area contributed by atoms with E-state index in [0.717, 1.165) is 18.8 Å². The van der Waals surface area contributed by atoms with Gasteiger partial charge in [-0.05, 0) is 36.3 Å².